The van der Waals surface area contributed by atoms with Crippen LogP contribution in [0.15, 0.2) is 23.1 Å². The Labute approximate surface area is 126 Å². The molecule has 0 aromatic heterocycles. The van der Waals surface area contributed by atoms with Crippen LogP contribution >= 0.6 is 0 Å². The number of nitrogens with one attached hydrogen (secondary N) is 1. The zero-order valence-corrected chi connectivity index (χ0v) is 13.3. The van der Waals surface area contributed by atoms with E-state index in [-0.39, 0.29) is 23.5 Å². The highest BCUT2D eigenvalue weighted by molar-refractivity contribution is 7.89. The molecule has 1 aromatic rings. The number of sulfonamides is 1. The average Bonchev–Trinajstić information content (AvgIpc) is 2.89. The van der Waals surface area contributed by atoms with Crippen LogP contribution in [0.4, 0.5) is 0 Å². The van der Waals surface area contributed by atoms with Crippen LogP contribution in [0.1, 0.15) is 31.4 Å². The van der Waals surface area contributed by atoms with Crippen molar-refractivity contribution in [3.8, 4) is 0 Å². The second kappa shape index (κ2) is 6.87. The largest absolute Gasteiger partial charge is 0.392 e. The van der Waals surface area contributed by atoms with Crippen LogP contribution in [0, 0.1) is 5.92 Å². The highest BCUT2D eigenvalue weighted by Gasteiger charge is 2.26. The summed E-state index contributed by atoms with van der Waals surface area (Å²) in [4.78, 5) is 0.204. The van der Waals surface area contributed by atoms with Gasteiger partial charge in [0.25, 0.3) is 0 Å². The summed E-state index contributed by atoms with van der Waals surface area (Å²) >= 11 is 0. The van der Waals surface area contributed by atoms with Gasteiger partial charge in [-0.2, -0.15) is 0 Å². The van der Waals surface area contributed by atoms with E-state index in [1.54, 1.807) is 18.2 Å². The standard InChI is InChI=1S/C15H23NO4S/c1-3-12-4-5-15(8-14(12)10-17)21(18,19)16-9-13-6-7-20-11(13)2/h4-5,8,11,13,16-17H,3,6-7,9-10H2,1-2H3. The average molecular weight is 313 g/mol. The van der Waals surface area contributed by atoms with E-state index in [1.807, 2.05) is 13.8 Å². The van der Waals surface area contributed by atoms with Gasteiger partial charge in [-0.1, -0.05) is 13.0 Å². The minimum absolute atomic E-state index is 0.0863. The smallest absolute Gasteiger partial charge is 0.240 e. The van der Waals surface area contributed by atoms with Crippen molar-refractivity contribution in [2.45, 2.75) is 44.3 Å². The highest BCUT2D eigenvalue weighted by Crippen LogP contribution is 2.21. The number of hydrogen-bond donors (Lipinski definition) is 2. The van der Waals surface area contributed by atoms with E-state index in [2.05, 4.69) is 4.72 Å². The number of benzene rings is 1. The van der Waals surface area contributed by atoms with Gasteiger partial charge in [0.2, 0.25) is 10.0 Å². The van der Waals surface area contributed by atoms with Gasteiger partial charge in [0.05, 0.1) is 17.6 Å². The van der Waals surface area contributed by atoms with E-state index in [0.717, 1.165) is 18.4 Å². The van der Waals surface area contributed by atoms with E-state index >= 15 is 0 Å². The molecule has 1 fully saturated rings. The first-order valence-electron chi connectivity index (χ1n) is 7.32. The number of aliphatic hydroxyl groups is 1. The Morgan fingerprint density at radius 2 is 2.14 bits per heavy atom. The Hall–Kier alpha value is -0.950. The second-order valence-corrected chi connectivity index (χ2v) is 7.19. The Bertz CT molecular complexity index is 585. The minimum Gasteiger partial charge on any atom is -0.392 e. The van der Waals surface area contributed by atoms with Crippen LogP contribution in [-0.2, 0) is 27.8 Å². The van der Waals surface area contributed by atoms with Crippen LogP contribution in [0.2, 0.25) is 0 Å². The fourth-order valence-electron chi connectivity index (χ4n) is 2.61. The SMILES string of the molecule is CCc1ccc(S(=O)(=O)NCC2CCOC2C)cc1CO. The first-order valence-corrected chi connectivity index (χ1v) is 8.80. The normalized spacial score (nSPS) is 22.6. The van der Waals surface area contributed by atoms with Gasteiger partial charge < -0.3 is 9.84 Å². The Kier molecular flexibility index (Phi) is 5.37. The molecule has 1 aliphatic heterocycles. The zero-order chi connectivity index (χ0) is 15.5. The Balaban J connectivity index is 2.11. The lowest BCUT2D eigenvalue weighted by Gasteiger charge is -2.15. The molecule has 1 aliphatic rings. The fraction of sp³-hybridized carbons (Fsp3) is 0.600. The van der Waals surface area contributed by atoms with Gasteiger partial charge in [-0.25, -0.2) is 13.1 Å². The van der Waals surface area contributed by atoms with E-state index in [4.69, 9.17) is 4.74 Å². The molecular weight excluding hydrogens is 290 g/mol. The summed E-state index contributed by atoms with van der Waals surface area (Å²) in [7, 11) is -3.55. The summed E-state index contributed by atoms with van der Waals surface area (Å²) in [5.74, 6) is 0.215. The Morgan fingerprint density at radius 1 is 1.38 bits per heavy atom. The van der Waals surface area contributed by atoms with Crippen molar-refractivity contribution in [3.05, 3.63) is 29.3 Å². The molecule has 2 atom stereocenters. The number of rotatable bonds is 6. The summed E-state index contributed by atoms with van der Waals surface area (Å²) < 4.78 is 32.7. The van der Waals surface area contributed by atoms with Crippen molar-refractivity contribution in [1.82, 2.24) is 4.72 Å². The van der Waals surface area contributed by atoms with Gasteiger partial charge in [0.15, 0.2) is 0 Å². The zero-order valence-electron chi connectivity index (χ0n) is 12.5. The predicted octanol–water partition coefficient (Wildman–Crippen LogP) is 1.44. The van der Waals surface area contributed by atoms with Crippen LogP contribution < -0.4 is 4.72 Å². The van der Waals surface area contributed by atoms with Crippen molar-refractivity contribution in [2.24, 2.45) is 5.92 Å². The summed E-state index contributed by atoms with van der Waals surface area (Å²) in [6.07, 6.45) is 1.73. The van der Waals surface area contributed by atoms with E-state index in [0.29, 0.717) is 18.7 Å². The van der Waals surface area contributed by atoms with Crippen molar-refractivity contribution in [3.63, 3.8) is 0 Å². The molecule has 0 bridgehead atoms. The number of aryl methyl sites for hydroxylation is 1. The third kappa shape index (κ3) is 3.83. The monoisotopic (exact) mass is 313 g/mol. The molecule has 118 valence electrons. The quantitative estimate of drug-likeness (QED) is 0.833. The number of aliphatic hydroxyl groups excluding tert-OH is 1. The maximum absolute atomic E-state index is 12.3. The maximum atomic E-state index is 12.3. The lowest BCUT2D eigenvalue weighted by molar-refractivity contribution is 0.107. The van der Waals surface area contributed by atoms with Crippen LogP contribution in [-0.4, -0.2) is 32.8 Å². The molecule has 0 radical (unpaired) electrons. The fourth-order valence-corrected chi connectivity index (χ4v) is 3.75. The van der Waals surface area contributed by atoms with Crippen molar-refractivity contribution in [2.75, 3.05) is 13.2 Å². The molecule has 1 heterocycles. The van der Waals surface area contributed by atoms with E-state index in [1.165, 1.54) is 0 Å². The molecule has 1 saturated heterocycles. The van der Waals surface area contributed by atoms with Crippen molar-refractivity contribution in [1.29, 1.82) is 0 Å². The van der Waals surface area contributed by atoms with E-state index < -0.39 is 10.0 Å². The third-order valence-electron chi connectivity index (χ3n) is 4.11. The van der Waals surface area contributed by atoms with Gasteiger partial charge in [-0.3, -0.25) is 0 Å². The highest BCUT2D eigenvalue weighted by atomic mass is 32.2. The molecular formula is C15H23NO4S. The van der Waals surface area contributed by atoms with Gasteiger partial charge >= 0.3 is 0 Å². The van der Waals surface area contributed by atoms with Crippen molar-refractivity contribution >= 4 is 10.0 Å². The molecule has 5 nitrogen and oxygen atoms in total. The first-order chi connectivity index (χ1) is 9.97. The first kappa shape index (κ1) is 16.4. The number of hydrogen-bond acceptors (Lipinski definition) is 4. The van der Waals surface area contributed by atoms with Crippen LogP contribution in [0.5, 0.6) is 0 Å². The minimum atomic E-state index is -3.55. The third-order valence-corrected chi connectivity index (χ3v) is 5.53. The summed E-state index contributed by atoms with van der Waals surface area (Å²) in [6, 6.07) is 4.91. The second-order valence-electron chi connectivity index (χ2n) is 5.42. The van der Waals surface area contributed by atoms with Gasteiger partial charge in [-0.05, 0) is 43.0 Å². The topological polar surface area (TPSA) is 75.6 Å². The molecule has 1 aromatic carbocycles. The molecule has 21 heavy (non-hydrogen) atoms. The molecule has 2 rings (SSSR count). The van der Waals surface area contributed by atoms with Gasteiger partial charge in [0.1, 0.15) is 0 Å². The Morgan fingerprint density at radius 3 is 2.71 bits per heavy atom. The van der Waals surface area contributed by atoms with Crippen LogP contribution in [0.3, 0.4) is 0 Å². The lowest BCUT2D eigenvalue weighted by atomic mass is 10.0. The predicted molar refractivity (Wildman–Crippen MR) is 80.5 cm³/mol. The molecule has 2 N–H and O–H groups in total. The van der Waals surface area contributed by atoms with Gasteiger partial charge in [0, 0.05) is 19.1 Å². The molecule has 0 amide bonds. The summed E-state index contributed by atoms with van der Waals surface area (Å²) in [5, 5.41) is 9.35. The molecule has 6 heteroatoms. The van der Waals surface area contributed by atoms with Crippen LogP contribution in [0.25, 0.3) is 0 Å². The van der Waals surface area contributed by atoms with Crippen molar-refractivity contribution < 1.29 is 18.3 Å². The number of ether oxygens (including phenoxy) is 1. The molecule has 2 unspecified atom stereocenters. The summed E-state index contributed by atoms with van der Waals surface area (Å²) in [6.45, 7) is 4.86. The van der Waals surface area contributed by atoms with Gasteiger partial charge in [-0.15, -0.1) is 0 Å². The maximum Gasteiger partial charge on any atom is 0.240 e. The molecule has 0 saturated carbocycles. The van der Waals surface area contributed by atoms with E-state index in [9.17, 15) is 13.5 Å². The molecule has 0 aliphatic carbocycles. The molecule has 0 spiro atoms. The lowest BCUT2D eigenvalue weighted by Crippen LogP contribution is -2.32. The summed E-state index contributed by atoms with van der Waals surface area (Å²) in [5.41, 5.74) is 1.63.